The number of carbonyl (C=O) groups excluding carboxylic acids is 1. The first-order valence-corrected chi connectivity index (χ1v) is 8.50. The van der Waals surface area contributed by atoms with Crippen LogP contribution < -0.4 is 4.90 Å². The number of carbonyl (C=O) groups is 2. The maximum Gasteiger partial charge on any atom is 0.323 e. The fraction of sp³-hybridized carbons (Fsp3) is 0.385. The predicted octanol–water partition coefficient (Wildman–Crippen LogP) is 3.82. The second-order valence-corrected chi connectivity index (χ2v) is 6.60. The minimum atomic E-state index is -0.964. The molecule has 0 radical (unpaired) electrons. The molecule has 1 aromatic carbocycles. The lowest BCUT2D eigenvalue weighted by Crippen LogP contribution is -2.32. The lowest BCUT2D eigenvalue weighted by Gasteiger charge is -2.23. The highest BCUT2D eigenvalue weighted by atomic mass is 79.9. The zero-order valence-electron chi connectivity index (χ0n) is 11.2. The van der Waals surface area contributed by atoms with Crippen molar-refractivity contribution in [2.45, 2.75) is 13.3 Å². The number of carboxylic acid groups (broad SMARTS) is 1. The van der Waals surface area contributed by atoms with Gasteiger partial charge in [-0.1, -0.05) is 0 Å². The third kappa shape index (κ3) is 5.96. The first-order chi connectivity index (χ1) is 9.85. The predicted molar refractivity (Wildman–Crippen MR) is 90.6 cm³/mol. The van der Waals surface area contributed by atoms with E-state index in [0.29, 0.717) is 12.3 Å². The van der Waals surface area contributed by atoms with Gasteiger partial charge in [-0.3, -0.25) is 9.59 Å². The van der Waals surface area contributed by atoms with Crippen LogP contribution in [0.25, 0.3) is 0 Å². The van der Waals surface area contributed by atoms with Gasteiger partial charge in [-0.2, -0.15) is 0 Å². The van der Waals surface area contributed by atoms with Crippen molar-refractivity contribution in [2.75, 3.05) is 24.6 Å². The summed E-state index contributed by atoms with van der Waals surface area (Å²) in [5.74, 6) is -1.31. The van der Waals surface area contributed by atoms with Gasteiger partial charge in [0.15, 0.2) is 0 Å². The standard InChI is InChI=1S/C13H14Br3NO4/c1-2-21-12(20)3-4-17(7-11(18)19)8-5-9(14)13(16)10(15)6-8/h5-6H,2-4,7H2,1H3,(H,18,19). The summed E-state index contributed by atoms with van der Waals surface area (Å²) in [6.45, 7) is 2.12. The number of ether oxygens (including phenoxy) is 1. The Hall–Kier alpha value is -0.600. The van der Waals surface area contributed by atoms with Crippen LogP contribution in [-0.2, 0) is 14.3 Å². The Morgan fingerprint density at radius 2 is 1.81 bits per heavy atom. The zero-order chi connectivity index (χ0) is 16.0. The molecule has 0 atom stereocenters. The Labute approximate surface area is 148 Å². The molecule has 0 saturated heterocycles. The number of nitrogens with zero attached hydrogens (tertiary/aromatic N) is 1. The SMILES string of the molecule is CCOC(=O)CCN(CC(=O)O)c1cc(Br)c(Br)c(Br)c1. The van der Waals surface area contributed by atoms with Crippen molar-refractivity contribution in [3.05, 3.63) is 25.6 Å². The smallest absolute Gasteiger partial charge is 0.323 e. The molecule has 1 aromatic rings. The van der Waals surface area contributed by atoms with Crippen LogP contribution in [0.15, 0.2) is 25.6 Å². The van der Waals surface area contributed by atoms with E-state index in [9.17, 15) is 9.59 Å². The maximum absolute atomic E-state index is 11.4. The second kappa shape index (κ2) is 8.75. The number of halogens is 3. The summed E-state index contributed by atoms with van der Waals surface area (Å²) in [5.41, 5.74) is 0.698. The highest BCUT2D eigenvalue weighted by molar-refractivity contribution is 9.14. The third-order valence-electron chi connectivity index (χ3n) is 2.55. The van der Waals surface area contributed by atoms with E-state index in [-0.39, 0.29) is 25.5 Å². The van der Waals surface area contributed by atoms with Gasteiger partial charge in [-0.05, 0) is 66.8 Å². The van der Waals surface area contributed by atoms with Gasteiger partial charge >= 0.3 is 11.9 Å². The molecule has 0 saturated carbocycles. The van der Waals surface area contributed by atoms with Gasteiger partial charge in [0.05, 0.1) is 13.0 Å². The van der Waals surface area contributed by atoms with Gasteiger partial charge in [0.25, 0.3) is 0 Å². The summed E-state index contributed by atoms with van der Waals surface area (Å²) in [6, 6.07) is 3.59. The summed E-state index contributed by atoms with van der Waals surface area (Å²) < 4.78 is 7.28. The van der Waals surface area contributed by atoms with E-state index >= 15 is 0 Å². The van der Waals surface area contributed by atoms with Crippen LogP contribution in [0.5, 0.6) is 0 Å². The molecule has 0 aromatic heterocycles. The van der Waals surface area contributed by atoms with E-state index in [2.05, 4.69) is 47.8 Å². The Bertz CT molecular complexity index is 513. The van der Waals surface area contributed by atoms with Crippen LogP contribution in [0.4, 0.5) is 5.69 Å². The number of hydrogen-bond acceptors (Lipinski definition) is 4. The molecule has 0 aliphatic rings. The monoisotopic (exact) mass is 485 g/mol. The number of anilines is 1. The molecule has 0 unspecified atom stereocenters. The van der Waals surface area contributed by atoms with E-state index in [1.54, 1.807) is 24.0 Å². The Morgan fingerprint density at radius 1 is 1.24 bits per heavy atom. The number of hydrogen-bond donors (Lipinski definition) is 1. The van der Waals surface area contributed by atoms with Gasteiger partial charge in [0, 0.05) is 25.7 Å². The lowest BCUT2D eigenvalue weighted by atomic mass is 10.2. The molecule has 8 heteroatoms. The van der Waals surface area contributed by atoms with Crippen molar-refractivity contribution in [1.29, 1.82) is 0 Å². The zero-order valence-corrected chi connectivity index (χ0v) is 16.0. The molecule has 5 nitrogen and oxygen atoms in total. The fourth-order valence-electron chi connectivity index (χ4n) is 1.65. The van der Waals surface area contributed by atoms with E-state index in [1.165, 1.54) is 0 Å². The number of benzene rings is 1. The van der Waals surface area contributed by atoms with Crippen molar-refractivity contribution in [2.24, 2.45) is 0 Å². The normalized spacial score (nSPS) is 10.3. The number of aliphatic carboxylic acids is 1. The van der Waals surface area contributed by atoms with Crippen molar-refractivity contribution in [3.63, 3.8) is 0 Å². The van der Waals surface area contributed by atoms with Crippen LogP contribution in [0, 0.1) is 0 Å². The average molecular weight is 488 g/mol. The molecule has 0 bridgehead atoms. The summed E-state index contributed by atoms with van der Waals surface area (Å²) in [6.07, 6.45) is 0.131. The van der Waals surface area contributed by atoms with Crippen LogP contribution in [0.2, 0.25) is 0 Å². The molecule has 0 fully saturated rings. The second-order valence-electron chi connectivity index (χ2n) is 4.09. The molecule has 0 amide bonds. The highest BCUT2D eigenvalue weighted by Crippen LogP contribution is 2.35. The molecule has 1 N–H and O–H groups in total. The summed E-state index contributed by atoms with van der Waals surface area (Å²) >= 11 is 10.2. The Kier molecular flexibility index (Phi) is 7.69. The van der Waals surface area contributed by atoms with Gasteiger partial charge in [-0.25, -0.2) is 0 Å². The number of esters is 1. The van der Waals surface area contributed by atoms with Crippen molar-refractivity contribution < 1.29 is 19.4 Å². The first kappa shape index (κ1) is 18.4. The summed E-state index contributed by atoms with van der Waals surface area (Å²) in [7, 11) is 0. The first-order valence-electron chi connectivity index (χ1n) is 6.12. The molecule has 0 heterocycles. The van der Waals surface area contributed by atoms with Crippen molar-refractivity contribution >= 4 is 65.4 Å². The molecular weight excluding hydrogens is 474 g/mol. The van der Waals surface area contributed by atoms with Crippen molar-refractivity contribution in [1.82, 2.24) is 0 Å². The average Bonchev–Trinajstić information content (AvgIpc) is 2.40. The molecule has 0 aliphatic heterocycles. The Morgan fingerprint density at radius 3 is 2.29 bits per heavy atom. The molecule has 116 valence electrons. The minimum Gasteiger partial charge on any atom is -0.480 e. The lowest BCUT2D eigenvalue weighted by molar-refractivity contribution is -0.143. The van der Waals surface area contributed by atoms with Crippen LogP contribution in [0.1, 0.15) is 13.3 Å². The summed E-state index contributed by atoms with van der Waals surface area (Å²) in [5, 5.41) is 9.02. The molecular formula is C13H14Br3NO4. The van der Waals surface area contributed by atoms with Gasteiger partial charge in [0.1, 0.15) is 6.54 Å². The fourth-order valence-corrected chi connectivity index (χ4v) is 3.04. The van der Waals surface area contributed by atoms with Crippen LogP contribution in [-0.4, -0.2) is 36.7 Å². The minimum absolute atomic E-state index is 0.131. The van der Waals surface area contributed by atoms with Crippen LogP contribution in [0.3, 0.4) is 0 Å². The van der Waals surface area contributed by atoms with Gasteiger partial charge in [-0.15, -0.1) is 0 Å². The van der Waals surface area contributed by atoms with Crippen molar-refractivity contribution in [3.8, 4) is 0 Å². The molecule has 0 spiro atoms. The largest absolute Gasteiger partial charge is 0.480 e. The quantitative estimate of drug-likeness (QED) is 0.468. The van der Waals surface area contributed by atoms with Gasteiger partial charge in [0.2, 0.25) is 0 Å². The molecule has 0 aliphatic carbocycles. The van der Waals surface area contributed by atoms with E-state index in [4.69, 9.17) is 9.84 Å². The maximum atomic E-state index is 11.4. The third-order valence-corrected chi connectivity index (χ3v) is 5.72. The van der Waals surface area contributed by atoms with Crippen LogP contribution >= 0.6 is 47.8 Å². The van der Waals surface area contributed by atoms with E-state index < -0.39 is 5.97 Å². The highest BCUT2D eigenvalue weighted by Gasteiger charge is 2.15. The Balaban J connectivity index is 2.91. The topological polar surface area (TPSA) is 66.8 Å². The number of rotatable bonds is 7. The van der Waals surface area contributed by atoms with Gasteiger partial charge < -0.3 is 14.7 Å². The number of carboxylic acids is 1. The van der Waals surface area contributed by atoms with E-state index in [0.717, 1.165) is 13.4 Å². The summed E-state index contributed by atoms with van der Waals surface area (Å²) in [4.78, 5) is 24.0. The van der Waals surface area contributed by atoms with E-state index in [1.807, 2.05) is 0 Å². The molecule has 1 rings (SSSR count). The molecule has 21 heavy (non-hydrogen) atoms.